The largest absolute Gasteiger partial charge is 0.438 e. The Labute approximate surface area is 159 Å². The van der Waals surface area contributed by atoms with Crippen LogP contribution in [0.15, 0.2) is 27.5 Å². The number of H-pyrrole nitrogens is 1. The predicted octanol–water partition coefficient (Wildman–Crippen LogP) is 1.31. The van der Waals surface area contributed by atoms with E-state index in [0.29, 0.717) is 29.7 Å². The average Bonchev–Trinajstić information content (AvgIpc) is 2.88. The molecule has 8 nitrogen and oxygen atoms in total. The molecule has 0 aliphatic carbocycles. The van der Waals surface area contributed by atoms with E-state index in [2.05, 4.69) is 25.3 Å². The van der Waals surface area contributed by atoms with E-state index in [1.807, 2.05) is 6.07 Å². The summed E-state index contributed by atoms with van der Waals surface area (Å²) in [6.07, 6.45) is -0.295. The van der Waals surface area contributed by atoms with Crippen LogP contribution in [-0.4, -0.2) is 42.3 Å². The van der Waals surface area contributed by atoms with E-state index in [4.69, 9.17) is 27.9 Å². The van der Waals surface area contributed by atoms with Crippen LogP contribution in [0.2, 0.25) is 10.0 Å². The molecule has 1 saturated heterocycles. The van der Waals surface area contributed by atoms with Gasteiger partial charge in [-0.25, -0.2) is 4.79 Å². The maximum Gasteiger partial charge on any atom is 0.438 e. The lowest BCUT2D eigenvalue weighted by atomic mass is 9.95. The smallest absolute Gasteiger partial charge is 0.372 e. The summed E-state index contributed by atoms with van der Waals surface area (Å²) in [6, 6.07) is 5.39. The zero-order chi connectivity index (χ0) is 18.5. The predicted molar refractivity (Wildman–Crippen MR) is 95.4 cm³/mol. The Morgan fingerprint density at radius 2 is 2.19 bits per heavy atom. The van der Waals surface area contributed by atoms with Gasteiger partial charge in [0.25, 0.3) is 0 Å². The topological polar surface area (TPSA) is 109 Å². The molecule has 1 amide bonds. The van der Waals surface area contributed by atoms with Crippen molar-refractivity contribution in [2.24, 2.45) is 5.92 Å². The molecule has 26 heavy (non-hydrogen) atoms. The number of ether oxygens (including phenoxy) is 1. The Morgan fingerprint density at radius 3 is 2.92 bits per heavy atom. The van der Waals surface area contributed by atoms with Crippen molar-refractivity contribution in [2.75, 3.05) is 26.2 Å². The van der Waals surface area contributed by atoms with Gasteiger partial charge in [0.15, 0.2) is 5.82 Å². The van der Waals surface area contributed by atoms with Crippen molar-refractivity contribution in [3.8, 4) is 0 Å². The summed E-state index contributed by atoms with van der Waals surface area (Å²) >= 11 is 12.1. The Bertz CT molecular complexity index is 823. The summed E-state index contributed by atoms with van der Waals surface area (Å²) in [4.78, 5) is 25.3. The van der Waals surface area contributed by atoms with Crippen LogP contribution in [0.3, 0.4) is 0 Å². The van der Waals surface area contributed by atoms with Gasteiger partial charge in [0.1, 0.15) is 0 Å². The molecule has 1 aliphatic heterocycles. The number of benzene rings is 1. The van der Waals surface area contributed by atoms with E-state index in [1.165, 1.54) is 0 Å². The molecule has 0 radical (unpaired) electrons. The number of hydrogen-bond donors (Lipinski definition) is 3. The molecule has 3 rings (SSSR count). The highest BCUT2D eigenvalue weighted by molar-refractivity contribution is 6.42. The number of amides is 1. The highest BCUT2D eigenvalue weighted by Crippen LogP contribution is 2.31. The van der Waals surface area contributed by atoms with Crippen molar-refractivity contribution >= 4 is 29.1 Å². The van der Waals surface area contributed by atoms with E-state index in [0.717, 1.165) is 12.1 Å². The second-order valence-electron chi connectivity index (χ2n) is 5.95. The minimum Gasteiger partial charge on any atom is -0.372 e. The molecule has 0 spiro atoms. The fraction of sp³-hybridized carbons (Fsp3) is 0.438. The molecule has 1 aromatic carbocycles. The molecule has 2 atom stereocenters. The first kappa shape index (κ1) is 18.9. The summed E-state index contributed by atoms with van der Waals surface area (Å²) in [5.41, 5.74) is 0.906. The van der Waals surface area contributed by atoms with Gasteiger partial charge in [-0.1, -0.05) is 34.4 Å². The first-order valence-corrected chi connectivity index (χ1v) is 8.87. The van der Waals surface area contributed by atoms with Crippen LogP contribution in [0.25, 0.3) is 0 Å². The van der Waals surface area contributed by atoms with Crippen molar-refractivity contribution in [1.29, 1.82) is 0 Å². The van der Waals surface area contributed by atoms with Gasteiger partial charge in [-0.15, -0.1) is 0 Å². The average molecular weight is 401 g/mol. The fourth-order valence-corrected chi connectivity index (χ4v) is 3.13. The van der Waals surface area contributed by atoms with Crippen LogP contribution in [0.5, 0.6) is 0 Å². The van der Waals surface area contributed by atoms with Crippen molar-refractivity contribution in [2.45, 2.75) is 12.5 Å². The number of nitrogens with zero attached hydrogens (tertiary/aromatic N) is 1. The van der Waals surface area contributed by atoms with Crippen LogP contribution >= 0.6 is 23.2 Å². The molecule has 10 heteroatoms. The fourth-order valence-electron chi connectivity index (χ4n) is 2.82. The number of halogens is 2. The van der Waals surface area contributed by atoms with Crippen molar-refractivity contribution in [3.05, 3.63) is 50.2 Å². The number of aromatic amines is 1. The standard InChI is InChI=1S/C16H18Cl2N4O4/c17-11-2-1-9(5-12(11)18)15-10(7-19-3-4-25-15)8-20-14(23)6-13-21-16(24)26-22-13/h1-2,5,10,15,19H,3-4,6-8H2,(H,20,23)(H,21,22,24). The maximum atomic E-state index is 12.1. The van der Waals surface area contributed by atoms with E-state index < -0.39 is 5.76 Å². The number of aromatic nitrogens is 2. The summed E-state index contributed by atoms with van der Waals surface area (Å²) in [7, 11) is 0. The minimum absolute atomic E-state index is 0.00458. The van der Waals surface area contributed by atoms with E-state index in [9.17, 15) is 9.59 Å². The normalized spacial score (nSPS) is 20.5. The quantitative estimate of drug-likeness (QED) is 0.697. The van der Waals surface area contributed by atoms with Crippen molar-refractivity contribution < 1.29 is 14.1 Å². The number of hydrogen-bond acceptors (Lipinski definition) is 6. The monoisotopic (exact) mass is 400 g/mol. The molecule has 3 N–H and O–H groups in total. The Kier molecular flexibility index (Phi) is 6.31. The zero-order valence-corrected chi connectivity index (χ0v) is 15.3. The summed E-state index contributed by atoms with van der Waals surface area (Å²) in [5, 5.41) is 10.6. The molecule has 1 fully saturated rings. The van der Waals surface area contributed by atoms with Gasteiger partial charge in [-0.05, 0) is 17.7 Å². The van der Waals surface area contributed by atoms with Crippen LogP contribution in [-0.2, 0) is 16.0 Å². The maximum absolute atomic E-state index is 12.1. The molecule has 2 unspecified atom stereocenters. The first-order valence-electron chi connectivity index (χ1n) is 8.12. The van der Waals surface area contributed by atoms with E-state index >= 15 is 0 Å². The molecule has 1 aromatic heterocycles. The van der Waals surface area contributed by atoms with E-state index in [-0.39, 0.29) is 30.2 Å². The van der Waals surface area contributed by atoms with Gasteiger partial charge in [0, 0.05) is 25.6 Å². The summed E-state index contributed by atoms with van der Waals surface area (Å²) < 4.78 is 10.3. The van der Waals surface area contributed by atoms with Gasteiger partial charge in [-0.3, -0.25) is 14.3 Å². The highest BCUT2D eigenvalue weighted by Gasteiger charge is 2.27. The Hall–Kier alpha value is -1.87. The summed E-state index contributed by atoms with van der Waals surface area (Å²) in [5.74, 6) is -0.778. The van der Waals surface area contributed by atoms with Gasteiger partial charge < -0.3 is 15.4 Å². The number of nitrogens with one attached hydrogen (secondary N) is 3. The molecular weight excluding hydrogens is 383 g/mol. The molecular formula is C16H18Cl2N4O4. The molecule has 0 saturated carbocycles. The lowest BCUT2D eigenvalue weighted by molar-refractivity contribution is -0.121. The van der Waals surface area contributed by atoms with Crippen LogP contribution in [0.4, 0.5) is 0 Å². The first-order chi connectivity index (χ1) is 12.5. The Morgan fingerprint density at radius 1 is 1.35 bits per heavy atom. The Balaban J connectivity index is 1.65. The third-order valence-corrected chi connectivity index (χ3v) is 4.80. The number of rotatable bonds is 5. The van der Waals surface area contributed by atoms with Gasteiger partial charge in [0.2, 0.25) is 5.91 Å². The second-order valence-corrected chi connectivity index (χ2v) is 6.77. The lowest BCUT2D eigenvalue weighted by Crippen LogP contribution is -2.37. The second kappa shape index (κ2) is 8.68. The molecule has 1 aliphatic rings. The van der Waals surface area contributed by atoms with Crippen LogP contribution in [0, 0.1) is 5.92 Å². The molecule has 140 valence electrons. The molecule has 2 heterocycles. The molecule has 2 aromatic rings. The highest BCUT2D eigenvalue weighted by atomic mass is 35.5. The third-order valence-electron chi connectivity index (χ3n) is 4.06. The van der Waals surface area contributed by atoms with Gasteiger partial charge in [0.05, 0.1) is 29.2 Å². The van der Waals surface area contributed by atoms with Crippen LogP contribution in [0.1, 0.15) is 17.5 Å². The van der Waals surface area contributed by atoms with Gasteiger partial charge >= 0.3 is 5.76 Å². The molecule has 0 bridgehead atoms. The lowest BCUT2D eigenvalue weighted by Gasteiger charge is -2.25. The van der Waals surface area contributed by atoms with Crippen LogP contribution < -0.4 is 16.4 Å². The SMILES string of the molecule is O=C(Cc1noc(=O)[nH]1)NCC1CNCCOC1c1ccc(Cl)c(Cl)c1. The van der Waals surface area contributed by atoms with Gasteiger partial charge in [-0.2, -0.15) is 0 Å². The van der Waals surface area contributed by atoms with Crippen molar-refractivity contribution in [1.82, 2.24) is 20.8 Å². The minimum atomic E-state index is -0.686. The third kappa shape index (κ3) is 4.85. The zero-order valence-electron chi connectivity index (χ0n) is 13.8. The summed E-state index contributed by atoms with van der Waals surface area (Å²) in [6.45, 7) is 2.34. The number of carbonyl (C=O) groups is 1. The number of carbonyl (C=O) groups excluding carboxylic acids is 1. The van der Waals surface area contributed by atoms with E-state index in [1.54, 1.807) is 12.1 Å². The van der Waals surface area contributed by atoms with Crippen molar-refractivity contribution in [3.63, 3.8) is 0 Å².